The van der Waals surface area contributed by atoms with E-state index in [4.69, 9.17) is 9.47 Å². The van der Waals surface area contributed by atoms with Crippen molar-refractivity contribution >= 4 is 24.0 Å². The van der Waals surface area contributed by atoms with Crippen LogP contribution in [0, 0.1) is 0 Å². The Hall–Kier alpha value is -3.30. The zero-order valence-electron chi connectivity index (χ0n) is 23.0. The van der Waals surface area contributed by atoms with Gasteiger partial charge in [0.25, 0.3) is 0 Å². The van der Waals surface area contributed by atoms with E-state index in [2.05, 4.69) is 5.32 Å². The standard InChI is InChI=1S/C17H24N2O3.C10H18N2O3/c1-17(2,3)22-16(21)18-10-9-15(20)19(12-11-18)13-14-7-5-4-6-8-14;1-10(2,3)15-9(14)12-6-4-8(13)11-5-7-12/h4-8H,9-13H2,1-3H3;4-7H2,1-3H3,(H,11,13). The summed E-state index contributed by atoms with van der Waals surface area (Å²) in [4.78, 5) is 52.0. The molecule has 0 unspecified atom stereocenters. The van der Waals surface area contributed by atoms with Crippen molar-refractivity contribution < 1.29 is 28.7 Å². The molecule has 0 aliphatic carbocycles. The highest BCUT2D eigenvalue weighted by Gasteiger charge is 2.27. The molecule has 37 heavy (non-hydrogen) atoms. The Morgan fingerprint density at radius 2 is 1.32 bits per heavy atom. The summed E-state index contributed by atoms with van der Waals surface area (Å²) in [6.45, 7) is 14.5. The molecule has 4 amide bonds. The van der Waals surface area contributed by atoms with E-state index in [1.54, 1.807) is 14.7 Å². The topological polar surface area (TPSA) is 108 Å². The van der Waals surface area contributed by atoms with Gasteiger partial charge in [-0.05, 0) is 47.1 Å². The molecular weight excluding hydrogens is 476 g/mol. The van der Waals surface area contributed by atoms with Crippen molar-refractivity contribution in [3.63, 3.8) is 0 Å². The first kappa shape index (κ1) is 29.9. The summed E-state index contributed by atoms with van der Waals surface area (Å²) < 4.78 is 10.6. The van der Waals surface area contributed by atoms with Gasteiger partial charge in [0.2, 0.25) is 11.8 Å². The summed E-state index contributed by atoms with van der Waals surface area (Å²) in [6.07, 6.45) is -0.00781. The largest absolute Gasteiger partial charge is 0.444 e. The number of amides is 4. The van der Waals surface area contributed by atoms with Gasteiger partial charge in [-0.3, -0.25) is 9.59 Å². The van der Waals surface area contributed by atoms with Crippen LogP contribution in [-0.4, -0.2) is 89.2 Å². The molecule has 0 spiro atoms. The predicted octanol–water partition coefficient (Wildman–Crippen LogP) is 3.40. The van der Waals surface area contributed by atoms with E-state index >= 15 is 0 Å². The van der Waals surface area contributed by atoms with Crippen LogP contribution in [0.25, 0.3) is 0 Å². The van der Waals surface area contributed by atoms with Crippen LogP contribution in [0.2, 0.25) is 0 Å². The molecule has 2 aliphatic rings. The van der Waals surface area contributed by atoms with Gasteiger partial charge in [0.1, 0.15) is 11.2 Å². The number of benzene rings is 1. The second-order valence-electron chi connectivity index (χ2n) is 11.1. The maximum atomic E-state index is 12.2. The zero-order chi connectivity index (χ0) is 27.6. The third-order valence-corrected chi connectivity index (χ3v) is 5.42. The molecular formula is C27H42N4O6. The fourth-order valence-corrected chi connectivity index (χ4v) is 3.62. The van der Waals surface area contributed by atoms with Crippen LogP contribution in [-0.2, 0) is 25.6 Å². The molecule has 206 valence electrons. The number of nitrogens with zero attached hydrogens (tertiary/aromatic N) is 3. The number of rotatable bonds is 2. The number of hydrogen-bond acceptors (Lipinski definition) is 6. The second-order valence-corrected chi connectivity index (χ2v) is 11.1. The predicted molar refractivity (Wildman–Crippen MR) is 140 cm³/mol. The summed E-state index contributed by atoms with van der Waals surface area (Å²) in [5, 5.41) is 2.70. The van der Waals surface area contributed by atoms with Gasteiger partial charge in [-0.1, -0.05) is 30.3 Å². The molecule has 2 saturated heterocycles. The van der Waals surface area contributed by atoms with E-state index in [-0.39, 0.29) is 24.0 Å². The van der Waals surface area contributed by atoms with Gasteiger partial charge >= 0.3 is 12.2 Å². The summed E-state index contributed by atoms with van der Waals surface area (Å²) in [6, 6.07) is 9.89. The Kier molecular flexibility index (Phi) is 10.8. The molecule has 10 heteroatoms. The third-order valence-electron chi connectivity index (χ3n) is 5.42. The number of carbonyl (C=O) groups is 4. The molecule has 1 aromatic rings. The minimum atomic E-state index is -0.517. The van der Waals surface area contributed by atoms with Crippen LogP contribution in [0.15, 0.2) is 30.3 Å². The van der Waals surface area contributed by atoms with Crippen LogP contribution >= 0.6 is 0 Å². The number of carbonyl (C=O) groups excluding carboxylic acids is 4. The lowest BCUT2D eigenvalue weighted by Gasteiger charge is -2.26. The molecule has 1 aromatic carbocycles. The molecule has 0 atom stereocenters. The van der Waals surface area contributed by atoms with Crippen molar-refractivity contribution in [2.45, 2.75) is 72.1 Å². The molecule has 0 saturated carbocycles. The Morgan fingerprint density at radius 3 is 1.89 bits per heavy atom. The van der Waals surface area contributed by atoms with E-state index in [1.165, 1.54) is 0 Å². The van der Waals surface area contributed by atoms with Crippen LogP contribution in [0.5, 0.6) is 0 Å². The van der Waals surface area contributed by atoms with Crippen molar-refractivity contribution in [1.82, 2.24) is 20.0 Å². The van der Waals surface area contributed by atoms with E-state index in [1.807, 2.05) is 71.9 Å². The highest BCUT2D eigenvalue weighted by atomic mass is 16.6. The summed E-state index contributed by atoms with van der Waals surface area (Å²) in [5.41, 5.74) is 0.0966. The van der Waals surface area contributed by atoms with Gasteiger partial charge in [-0.25, -0.2) is 9.59 Å². The molecule has 0 aromatic heterocycles. The SMILES string of the molecule is CC(C)(C)OC(=O)N1CCC(=O)N(Cc2ccccc2)CC1.CC(C)(C)OC(=O)N1CCNC(=O)CC1. The Bertz CT molecular complexity index is 923. The van der Waals surface area contributed by atoms with Gasteiger partial charge in [-0.15, -0.1) is 0 Å². The van der Waals surface area contributed by atoms with E-state index in [0.717, 1.165) is 5.56 Å². The van der Waals surface area contributed by atoms with Crippen molar-refractivity contribution in [2.24, 2.45) is 0 Å². The van der Waals surface area contributed by atoms with E-state index in [0.29, 0.717) is 58.7 Å². The number of hydrogen-bond donors (Lipinski definition) is 1. The fourth-order valence-electron chi connectivity index (χ4n) is 3.62. The molecule has 0 bridgehead atoms. The minimum absolute atomic E-state index is 0.0129. The molecule has 2 aliphatic heterocycles. The fraction of sp³-hybridized carbons (Fsp3) is 0.630. The van der Waals surface area contributed by atoms with Crippen molar-refractivity contribution in [3.8, 4) is 0 Å². The minimum Gasteiger partial charge on any atom is -0.444 e. The molecule has 3 rings (SSSR count). The molecule has 2 heterocycles. The van der Waals surface area contributed by atoms with E-state index < -0.39 is 11.2 Å². The first-order valence-corrected chi connectivity index (χ1v) is 12.8. The lowest BCUT2D eigenvalue weighted by molar-refractivity contribution is -0.131. The van der Waals surface area contributed by atoms with E-state index in [9.17, 15) is 19.2 Å². The van der Waals surface area contributed by atoms with Crippen LogP contribution < -0.4 is 5.32 Å². The number of nitrogens with one attached hydrogen (secondary N) is 1. The zero-order valence-corrected chi connectivity index (χ0v) is 23.0. The molecule has 2 fully saturated rings. The van der Waals surface area contributed by atoms with Gasteiger partial charge in [-0.2, -0.15) is 0 Å². The smallest absolute Gasteiger partial charge is 0.410 e. The van der Waals surface area contributed by atoms with Gasteiger partial charge in [0.15, 0.2) is 0 Å². The molecule has 0 radical (unpaired) electrons. The van der Waals surface area contributed by atoms with Crippen molar-refractivity contribution in [2.75, 3.05) is 39.3 Å². The van der Waals surface area contributed by atoms with Crippen molar-refractivity contribution in [3.05, 3.63) is 35.9 Å². The lowest BCUT2D eigenvalue weighted by Crippen LogP contribution is -2.39. The quantitative estimate of drug-likeness (QED) is 0.643. The molecule has 1 N–H and O–H groups in total. The van der Waals surface area contributed by atoms with Gasteiger partial charge < -0.3 is 29.5 Å². The van der Waals surface area contributed by atoms with Gasteiger partial charge in [0, 0.05) is 58.7 Å². The number of ether oxygens (including phenoxy) is 2. The first-order chi connectivity index (χ1) is 17.2. The lowest BCUT2D eigenvalue weighted by atomic mass is 10.2. The highest BCUT2D eigenvalue weighted by molar-refractivity contribution is 5.78. The summed E-state index contributed by atoms with van der Waals surface area (Å²) in [7, 11) is 0. The first-order valence-electron chi connectivity index (χ1n) is 12.8. The monoisotopic (exact) mass is 518 g/mol. The molecule has 10 nitrogen and oxygen atoms in total. The maximum absolute atomic E-state index is 12.2. The van der Waals surface area contributed by atoms with Crippen LogP contribution in [0.3, 0.4) is 0 Å². The second kappa shape index (κ2) is 13.3. The van der Waals surface area contributed by atoms with Gasteiger partial charge in [0.05, 0.1) is 0 Å². The average Bonchev–Trinajstić information content (AvgIpc) is 3.11. The average molecular weight is 519 g/mol. The van der Waals surface area contributed by atoms with Crippen LogP contribution in [0.1, 0.15) is 59.9 Å². The Morgan fingerprint density at radius 1 is 0.784 bits per heavy atom. The Labute approximate surface area is 220 Å². The third kappa shape index (κ3) is 11.5. The van der Waals surface area contributed by atoms with Crippen LogP contribution in [0.4, 0.5) is 9.59 Å². The van der Waals surface area contributed by atoms with Crippen molar-refractivity contribution in [1.29, 1.82) is 0 Å². The maximum Gasteiger partial charge on any atom is 0.410 e. The summed E-state index contributed by atoms with van der Waals surface area (Å²) >= 11 is 0. The summed E-state index contributed by atoms with van der Waals surface area (Å²) in [5.74, 6) is 0.0657. The Balaban J connectivity index is 0.000000281. The highest BCUT2D eigenvalue weighted by Crippen LogP contribution is 2.14. The normalized spacial score (nSPS) is 17.1.